The number of amides is 2. The predicted molar refractivity (Wildman–Crippen MR) is 170 cm³/mol. The maximum Gasteiger partial charge on any atom is 0.304 e. The first kappa shape index (κ1) is 33.4. The van der Waals surface area contributed by atoms with E-state index in [9.17, 15) is 18.0 Å². The largest absolute Gasteiger partial charge is 0.354 e. The summed E-state index contributed by atoms with van der Waals surface area (Å²) in [5, 5.41) is 3.69. The van der Waals surface area contributed by atoms with E-state index in [0.717, 1.165) is 19.7 Å². The Bertz CT molecular complexity index is 1500. The van der Waals surface area contributed by atoms with Crippen LogP contribution in [0.15, 0.2) is 66.7 Å². The summed E-state index contributed by atoms with van der Waals surface area (Å²) in [5.41, 5.74) is 3.34. The molecule has 2 amide bonds. The second-order valence-corrected chi connectivity index (χ2v) is 13.3. The van der Waals surface area contributed by atoms with Crippen molar-refractivity contribution in [2.75, 3.05) is 31.5 Å². The molecule has 0 radical (unpaired) electrons. The van der Waals surface area contributed by atoms with Crippen molar-refractivity contribution in [3.63, 3.8) is 0 Å². The van der Waals surface area contributed by atoms with Gasteiger partial charge in [-0.15, -0.1) is 0 Å². The van der Waals surface area contributed by atoms with E-state index in [2.05, 4.69) is 5.32 Å². The lowest BCUT2D eigenvalue weighted by molar-refractivity contribution is -0.140. The first-order valence-corrected chi connectivity index (χ1v) is 15.8. The molecule has 8 nitrogen and oxygen atoms in total. The number of hydrogen-bond acceptors (Lipinski definition) is 4. The van der Waals surface area contributed by atoms with Gasteiger partial charge in [0, 0.05) is 43.7 Å². The van der Waals surface area contributed by atoms with Gasteiger partial charge >= 0.3 is 10.2 Å². The molecular formula is C31H38Cl2N4O4S. The molecule has 0 aliphatic rings. The molecule has 42 heavy (non-hydrogen) atoms. The smallest absolute Gasteiger partial charge is 0.304 e. The number of carbonyl (C=O) groups is 2. The van der Waals surface area contributed by atoms with Gasteiger partial charge in [0.2, 0.25) is 11.8 Å². The maximum atomic E-state index is 14.3. The van der Waals surface area contributed by atoms with E-state index in [4.69, 9.17) is 23.2 Å². The Morgan fingerprint density at radius 3 is 2.26 bits per heavy atom. The molecule has 11 heteroatoms. The molecule has 1 atom stereocenters. The number of benzene rings is 3. The summed E-state index contributed by atoms with van der Waals surface area (Å²) < 4.78 is 29.4. The van der Waals surface area contributed by atoms with Crippen molar-refractivity contribution in [2.24, 2.45) is 0 Å². The third kappa shape index (κ3) is 8.47. The zero-order valence-corrected chi connectivity index (χ0v) is 26.9. The molecule has 0 saturated heterocycles. The fraction of sp³-hybridized carbons (Fsp3) is 0.355. The Morgan fingerprint density at radius 1 is 0.952 bits per heavy atom. The van der Waals surface area contributed by atoms with Gasteiger partial charge in [-0.3, -0.25) is 9.59 Å². The molecule has 0 aliphatic carbocycles. The van der Waals surface area contributed by atoms with E-state index in [1.165, 1.54) is 19.0 Å². The molecule has 0 heterocycles. The van der Waals surface area contributed by atoms with E-state index >= 15 is 0 Å². The van der Waals surface area contributed by atoms with Crippen molar-refractivity contribution in [3.05, 3.63) is 99.0 Å². The van der Waals surface area contributed by atoms with Gasteiger partial charge in [-0.1, -0.05) is 78.7 Å². The maximum absolute atomic E-state index is 14.3. The molecule has 1 N–H and O–H groups in total. The van der Waals surface area contributed by atoms with Crippen LogP contribution in [0.3, 0.4) is 0 Å². The Kier molecular flexibility index (Phi) is 11.8. The molecule has 3 rings (SSSR count). The summed E-state index contributed by atoms with van der Waals surface area (Å²) in [5.74, 6) is -0.896. The van der Waals surface area contributed by atoms with Crippen LogP contribution in [0.2, 0.25) is 10.0 Å². The highest BCUT2D eigenvalue weighted by Crippen LogP contribution is 2.28. The summed E-state index contributed by atoms with van der Waals surface area (Å²) >= 11 is 12.7. The monoisotopic (exact) mass is 632 g/mol. The lowest BCUT2D eigenvalue weighted by Gasteiger charge is -2.35. The molecule has 3 aromatic rings. The minimum absolute atomic E-state index is 0.0332. The number of rotatable bonds is 13. The number of anilines is 1. The lowest BCUT2D eigenvalue weighted by Crippen LogP contribution is -2.54. The first-order chi connectivity index (χ1) is 19.8. The Hall–Kier alpha value is -3.11. The number of halogens is 2. The first-order valence-electron chi connectivity index (χ1n) is 13.7. The van der Waals surface area contributed by atoms with Crippen molar-refractivity contribution in [2.45, 2.75) is 46.2 Å². The van der Waals surface area contributed by atoms with E-state index in [1.807, 2.05) is 56.3 Å². The second-order valence-electron chi connectivity index (χ2n) is 10.3. The number of carbonyl (C=O) groups excluding carboxylic acids is 2. The standard InChI is InChI=1S/C31H38Cl2N4O4S/c1-6-16-34-31(39)29(18-24-10-8-7-9-11-24)36(20-25-14-15-26(32)19-27(25)33)30(38)21-37(42(40,41)35(4)5)28-17-22(2)12-13-23(28)3/h7-15,17,19,29H,6,16,18,20-21H2,1-5H3,(H,34,39)/t29-/m1/s1. The third-order valence-electron chi connectivity index (χ3n) is 6.83. The Labute approximate surface area is 259 Å². The molecule has 0 aliphatic heterocycles. The average Bonchev–Trinajstić information content (AvgIpc) is 2.95. The minimum Gasteiger partial charge on any atom is -0.354 e. The van der Waals surface area contributed by atoms with Gasteiger partial charge in [0.25, 0.3) is 0 Å². The predicted octanol–water partition coefficient (Wildman–Crippen LogP) is 5.39. The van der Waals surface area contributed by atoms with Crippen molar-refractivity contribution in [3.8, 4) is 0 Å². The second kappa shape index (κ2) is 14.9. The summed E-state index contributed by atoms with van der Waals surface area (Å²) in [6.45, 7) is 5.46. The van der Waals surface area contributed by atoms with Crippen LogP contribution in [0.1, 0.15) is 35.6 Å². The topological polar surface area (TPSA) is 90.0 Å². The van der Waals surface area contributed by atoms with Gasteiger partial charge < -0.3 is 10.2 Å². The van der Waals surface area contributed by atoms with Gasteiger partial charge in [0.15, 0.2) is 0 Å². The fourth-order valence-electron chi connectivity index (χ4n) is 4.44. The SMILES string of the molecule is CCCNC(=O)[C@@H](Cc1ccccc1)N(Cc1ccc(Cl)cc1Cl)C(=O)CN(c1cc(C)ccc1C)S(=O)(=O)N(C)C. The highest BCUT2D eigenvalue weighted by molar-refractivity contribution is 7.90. The van der Waals surface area contributed by atoms with Crippen LogP contribution in [0, 0.1) is 13.8 Å². The summed E-state index contributed by atoms with van der Waals surface area (Å²) in [4.78, 5) is 29.4. The highest BCUT2D eigenvalue weighted by atomic mass is 35.5. The van der Waals surface area contributed by atoms with Crippen molar-refractivity contribution >= 4 is 50.9 Å². The third-order valence-corrected chi connectivity index (χ3v) is 9.22. The Balaban J connectivity index is 2.14. The van der Waals surface area contributed by atoms with Gasteiger partial charge in [-0.05, 0) is 60.7 Å². The van der Waals surface area contributed by atoms with Crippen LogP contribution in [-0.4, -0.2) is 62.7 Å². The van der Waals surface area contributed by atoms with E-state index < -0.39 is 28.7 Å². The summed E-state index contributed by atoms with van der Waals surface area (Å²) in [7, 11) is -1.26. The fourth-order valence-corrected chi connectivity index (χ4v) is 6.02. The van der Waals surface area contributed by atoms with Crippen molar-refractivity contribution in [1.82, 2.24) is 14.5 Å². The molecule has 0 bridgehead atoms. The molecule has 0 aromatic heterocycles. The van der Waals surface area contributed by atoms with Gasteiger partial charge in [0.1, 0.15) is 12.6 Å². The van der Waals surface area contributed by atoms with E-state index in [0.29, 0.717) is 39.8 Å². The number of nitrogens with one attached hydrogen (secondary N) is 1. The molecule has 226 valence electrons. The summed E-state index contributed by atoms with van der Waals surface area (Å²) in [6.07, 6.45) is 0.930. The minimum atomic E-state index is -4.09. The molecule has 3 aromatic carbocycles. The number of aryl methyl sites for hydroxylation is 2. The summed E-state index contributed by atoms with van der Waals surface area (Å²) in [6, 6.07) is 18.8. The molecule has 0 spiro atoms. The van der Waals surface area contributed by atoms with Crippen LogP contribution >= 0.6 is 23.2 Å². The van der Waals surface area contributed by atoms with E-state index in [1.54, 1.807) is 31.2 Å². The molecule has 0 saturated carbocycles. The van der Waals surface area contributed by atoms with Crippen LogP contribution in [-0.2, 0) is 32.8 Å². The molecule has 0 unspecified atom stereocenters. The van der Waals surface area contributed by atoms with Gasteiger partial charge in [-0.2, -0.15) is 12.7 Å². The average molecular weight is 634 g/mol. The quantitative estimate of drug-likeness (QED) is 0.274. The molecular weight excluding hydrogens is 595 g/mol. The van der Waals surface area contributed by atoms with E-state index in [-0.39, 0.29) is 18.9 Å². The zero-order valence-electron chi connectivity index (χ0n) is 24.6. The van der Waals surface area contributed by atoms with Crippen LogP contribution < -0.4 is 9.62 Å². The van der Waals surface area contributed by atoms with Crippen molar-refractivity contribution in [1.29, 1.82) is 0 Å². The lowest BCUT2D eigenvalue weighted by atomic mass is 10.0. The number of hydrogen-bond donors (Lipinski definition) is 1. The zero-order chi connectivity index (χ0) is 31.0. The van der Waals surface area contributed by atoms with Gasteiger partial charge in [-0.25, -0.2) is 4.31 Å². The van der Waals surface area contributed by atoms with Crippen LogP contribution in [0.25, 0.3) is 0 Å². The van der Waals surface area contributed by atoms with Gasteiger partial charge in [0.05, 0.1) is 5.69 Å². The van der Waals surface area contributed by atoms with Crippen LogP contribution in [0.4, 0.5) is 5.69 Å². The van der Waals surface area contributed by atoms with Crippen molar-refractivity contribution < 1.29 is 18.0 Å². The highest BCUT2D eigenvalue weighted by Gasteiger charge is 2.35. The number of nitrogens with zero attached hydrogens (tertiary/aromatic N) is 3. The Morgan fingerprint density at radius 2 is 1.64 bits per heavy atom. The van der Waals surface area contributed by atoms with Crippen LogP contribution in [0.5, 0.6) is 0 Å². The molecule has 0 fully saturated rings. The normalized spacial score (nSPS) is 12.2.